The fraction of sp³-hybridized carbons (Fsp3) is 0.200. The van der Waals surface area contributed by atoms with Gasteiger partial charge in [0.15, 0.2) is 0 Å². The lowest BCUT2D eigenvalue weighted by Gasteiger charge is -2.01. The van der Waals surface area contributed by atoms with Gasteiger partial charge in [0.1, 0.15) is 0 Å². The molecule has 1 atom stereocenters. The van der Waals surface area contributed by atoms with Crippen LogP contribution in [0.3, 0.4) is 0 Å². The molecule has 2 rings (SSSR count). The van der Waals surface area contributed by atoms with Crippen LogP contribution in [-0.4, -0.2) is 4.98 Å². The number of para-hydroxylation sites is 1. The lowest BCUT2D eigenvalue weighted by atomic mass is 10.1. The first-order valence-electron chi connectivity index (χ1n) is 4.10. The van der Waals surface area contributed by atoms with Crippen molar-refractivity contribution in [2.75, 3.05) is 0 Å². The molecule has 0 amide bonds. The van der Waals surface area contributed by atoms with Gasteiger partial charge in [-0.15, -0.1) is 12.4 Å². The van der Waals surface area contributed by atoms with Crippen LogP contribution in [0.15, 0.2) is 30.5 Å². The summed E-state index contributed by atoms with van der Waals surface area (Å²) in [5.41, 5.74) is 8.15. The lowest BCUT2D eigenvalue weighted by Crippen LogP contribution is -2.03. The molecule has 3 heteroatoms. The SMILES string of the molecule is C[C@H](N)c1c[nH]c2ccccc12.Cl. The molecule has 0 aliphatic carbocycles. The molecule has 0 aliphatic rings. The van der Waals surface area contributed by atoms with Crippen molar-refractivity contribution in [1.29, 1.82) is 0 Å². The summed E-state index contributed by atoms with van der Waals surface area (Å²) >= 11 is 0. The van der Waals surface area contributed by atoms with Crippen molar-refractivity contribution in [2.24, 2.45) is 5.73 Å². The average molecular weight is 197 g/mol. The number of halogens is 1. The molecule has 2 aromatic rings. The van der Waals surface area contributed by atoms with Crippen LogP contribution in [-0.2, 0) is 0 Å². The Kier molecular flexibility index (Phi) is 2.96. The predicted octanol–water partition coefficient (Wildman–Crippen LogP) is 2.61. The Morgan fingerprint density at radius 2 is 2.00 bits per heavy atom. The summed E-state index contributed by atoms with van der Waals surface area (Å²) < 4.78 is 0. The number of fused-ring (bicyclic) bond motifs is 1. The first-order valence-corrected chi connectivity index (χ1v) is 4.10. The molecule has 1 aromatic heterocycles. The van der Waals surface area contributed by atoms with Gasteiger partial charge in [0.05, 0.1) is 0 Å². The minimum absolute atomic E-state index is 0. The quantitative estimate of drug-likeness (QED) is 0.724. The maximum absolute atomic E-state index is 5.80. The second-order valence-corrected chi connectivity index (χ2v) is 3.08. The van der Waals surface area contributed by atoms with E-state index >= 15 is 0 Å². The predicted molar refractivity (Wildman–Crippen MR) is 58.1 cm³/mol. The van der Waals surface area contributed by atoms with Crippen molar-refractivity contribution in [1.82, 2.24) is 4.98 Å². The summed E-state index contributed by atoms with van der Waals surface area (Å²) in [6.45, 7) is 2.00. The average Bonchev–Trinajstić information content (AvgIpc) is 2.47. The van der Waals surface area contributed by atoms with Crippen LogP contribution in [0.1, 0.15) is 18.5 Å². The summed E-state index contributed by atoms with van der Waals surface area (Å²) in [5, 5.41) is 1.23. The van der Waals surface area contributed by atoms with Crippen LogP contribution in [0.2, 0.25) is 0 Å². The number of hydrogen-bond acceptors (Lipinski definition) is 1. The van der Waals surface area contributed by atoms with Gasteiger partial charge in [-0.2, -0.15) is 0 Å². The van der Waals surface area contributed by atoms with Gasteiger partial charge in [0.25, 0.3) is 0 Å². The molecule has 0 bridgehead atoms. The van der Waals surface area contributed by atoms with Gasteiger partial charge < -0.3 is 10.7 Å². The maximum atomic E-state index is 5.80. The Morgan fingerprint density at radius 1 is 1.31 bits per heavy atom. The molecule has 13 heavy (non-hydrogen) atoms. The van der Waals surface area contributed by atoms with Crippen LogP contribution in [0.25, 0.3) is 10.9 Å². The normalized spacial score (nSPS) is 12.5. The first-order chi connectivity index (χ1) is 5.79. The van der Waals surface area contributed by atoms with E-state index in [0.717, 1.165) is 5.52 Å². The summed E-state index contributed by atoms with van der Waals surface area (Å²) in [4.78, 5) is 3.19. The third-order valence-corrected chi connectivity index (χ3v) is 2.11. The van der Waals surface area contributed by atoms with Crippen LogP contribution in [0.5, 0.6) is 0 Å². The Hall–Kier alpha value is -0.990. The van der Waals surface area contributed by atoms with E-state index < -0.39 is 0 Å². The summed E-state index contributed by atoms with van der Waals surface area (Å²) in [6, 6.07) is 8.29. The highest BCUT2D eigenvalue weighted by atomic mass is 35.5. The van der Waals surface area contributed by atoms with Crippen LogP contribution in [0, 0.1) is 0 Å². The summed E-state index contributed by atoms with van der Waals surface area (Å²) in [5.74, 6) is 0. The Bertz CT molecular complexity index is 392. The van der Waals surface area contributed by atoms with Crippen molar-refractivity contribution in [2.45, 2.75) is 13.0 Å². The van der Waals surface area contributed by atoms with Crippen LogP contribution < -0.4 is 5.73 Å². The van der Waals surface area contributed by atoms with E-state index in [2.05, 4.69) is 17.1 Å². The van der Waals surface area contributed by atoms with Crippen LogP contribution in [0.4, 0.5) is 0 Å². The van der Waals surface area contributed by atoms with Crippen molar-refractivity contribution in [3.05, 3.63) is 36.0 Å². The van der Waals surface area contributed by atoms with Gasteiger partial charge in [-0.25, -0.2) is 0 Å². The van der Waals surface area contributed by atoms with Gasteiger partial charge in [0.2, 0.25) is 0 Å². The standard InChI is InChI=1S/C10H12N2.ClH/c1-7(11)9-6-12-10-5-3-2-4-8(9)10;/h2-7,12H,11H2,1H3;1H/t7-;/m0./s1. The molecular weight excluding hydrogens is 184 g/mol. The molecule has 0 saturated carbocycles. The van der Waals surface area contributed by atoms with E-state index in [1.165, 1.54) is 10.9 Å². The van der Waals surface area contributed by atoms with E-state index in [0.29, 0.717) is 0 Å². The Morgan fingerprint density at radius 3 is 2.69 bits per heavy atom. The minimum atomic E-state index is 0. The van der Waals surface area contributed by atoms with Crippen molar-refractivity contribution < 1.29 is 0 Å². The largest absolute Gasteiger partial charge is 0.361 e. The van der Waals surface area contributed by atoms with Gasteiger partial charge in [-0.3, -0.25) is 0 Å². The number of nitrogens with one attached hydrogen (secondary N) is 1. The van der Waals surface area contributed by atoms with E-state index in [9.17, 15) is 0 Å². The Balaban J connectivity index is 0.000000845. The molecule has 70 valence electrons. The first kappa shape index (κ1) is 10.1. The topological polar surface area (TPSA) is 41.8 Å². The molecule has 1 aromatic carbocycles. The number of aromatic amines is 1. The second-order valence-electron chi connectivity index (χ2n) is 3.08. The molecular formula is C10H13ClN2. The van der Waals surface area contributed by atoms with Crippen molar-refractivity contribution in [3.63, 3.8) is 0 Å². The van der Waals surface area contributed by atoms with Crippen molar-refractivity contribution in [3.8, 4) is 0 Å². The number of H-pyrrole nitrogens is 1. The van der Waals surface area contributed by atoms with Gasteiger partial charge >= 0.3 is 0 Å². The molecule has 0 radical (unpaired) electrons. The molecule has 0 saturated heterocycles. The summed E-state index contributed by atoms with van der Waals surface area (Å²) in [7, 11) is 0. The third kappa shape index (κ3) is 1.69. The Labute approximate surface area is 83.5 Å². The molecule has 0 aliphatic heterocycles. The molecule has 3 N–H and O–H groups in total. The van der Waals surface area contributed by atoms with Crippen molar-refractivity contribution >= 4 is 23.3 Å². The third-order valence-electron chi connectivity index (χ3n) is 2.11. The summed E-state index contributed by atoms with van der Waals surface area (Å²) in [6.07, 6.45) is 1.98. The van der Waals surface area contributed by atoms with Gasteiger partial charge in [-0.1, -0.05) is 18.2 Å². The molecule has 2 nitrogen and oxygen atoms in total. The maximum Gasteiger partial charge on any atom is 0.0457 e. The van der Waals surface area contributed by atoms with E-state index in [1.54, 1.807) is 0 Å². The monoisotopic (exact) mass is 196 g/mol. The molecule has 0 unspecified atom stereocenters. The fourth-order valence-electron chi connectivity index (χ4n) is 1.47. The second kappa shape index (κ2) is 3.81. The highest BCUT2D eigenvalue weighted by Gasteiger charge is 2.05. The molecule has 1 heterocycles. The smallest absolute Gasteiger partial charge is 0.0457 e. The zero-order chi connectivity index (χ0) is 8.55. The van der Waals surface area contributed by atoms with Gasteiger partial charge in [0, 0.05) is 23.1 Å². The lowest BCUT2D eigenvalue weighted by molar-refractivity contribution is 0.826. The molecule has 0 fully saturated rings. The highest BCUT2D eigenvalue weighted by molar-refractivity contribution is 5.85. The van der Waals surface area contributed by atoms with E-state index in [-0.39, 0.29) is 18.4 Å². The number of benzene rings is 1. The van der Waals surface area contributed by atoms with E-state index in [4.69, 9.17) is 5.73 Å². The van der Waals surface area contributed by atoms with Gasteiger partial charge in [-0.05, 0) is 18.6 Å². The number of aromatic nitrogens is 1. The van der Waals surface area contributed by atoms with Crippen LogP contribution >= 0.6 is 12.4 Å². The number of rotatable bonds is 1. The number of hydrogen-bond donors (Lipinski definition) is 2. The van der Waals surface area contributed by atoms with E-state index in [1.807, 2.05) is 25.3 Å². The minimum Gasteiger partial charge on any atom is -0.361 e. The zero-order valence-electron chi connectivity index (χ0n) is 7.45. The highest BCUT2D eigenvalue weighted by Crippen LogP contribution is 2.21. The zero-order valence-corrected chi connectivity index (χ0v) is 8.27. The number of nitrogens with two attached hydrogens (primary N) is 1. The molecule has 0 spiro atoms. The fourth-order valence-corrected chi connectivity index (χ4v) is 1.47.